The number of aromatic amines is 1. The van der Waals surface area contributed by atoms with Gasteiger partial charge in [0.05, 0.1) is 23.8 Å². The first-order valence-electron chi connectivity index (χ1n) is 7.86. The highest BCUT2D eigenvalue weighted by Crippen LogP contribution is 2.38. The van der Waals surface area contributed by atoms with Gasteiger partial charge >= 0.3 is 0 Å². The molecule has 0 saturated heterocycles. The topological polar surface area (TPSA) is 110 Å². The number of non-ortho nitro benzene ring substituents is 1. The Morgan fingerprint density at radius 2 is 1.96 bits per heavy atom. The Morgan fingerprint density at radius 3 is 2.65 bits per heavy atom. The fourth-order valence-corrected chi connectivity index (χ4v) is 3.11. The van der Waals surface area contributed by atoms with Crippen molar-refractivity contribution < 1.29 is 14.5 Å². The van der Waals surface area contributed by atoms with Crippen LogP contribution in [0.5, 0.6) is 5.75 Å². The van der Waals surface area contributed by atoms with Crippen LogP contribution in [0.3, 0.4) is 0 Å². The zero-order valence-electron chi connectivity index (χ0n) is 13.7. The minimum Gasteiger partial charge on any atom is -0.497 e. The predicted molar refractivity (Wildman–Crippen MR) is 93.0 cm³/mol. The molecule has 130 valence electrons. The average Bonchev–Trinajstić information content (AvgIpc) is 3.23. The highest BCUT2D eigenvalue weighted by molar-refractivity contribution is 6.00. The number of ether oxygens (including phenoxy) is 1. The average molecular weight is 350 g/mol. The van der Waals surface area contributed by atoms with Crippen molar-refractivity contribution in [2.45, 2.75) is 6.04 Å². The molecule has 1 amide bonds. The van der Waals surface area contributed by atoms with Gasteiger partial charge in [-0.15, -0.1) is 0 Å². The van der Waals surface area contributed by atoms with Crippen molar-refractivity contribution in [3.63, 3.8) is 0 Å². The molecule has 1 aliphatic rings. The minimum absolute atomic E-state index is 0.00138. The number of nitro groups is 1. The minimum atomic E-state index is -0.456. The molecule has 8 heteroatoms. The number of aromatic nitrogens is 2. The second kappa shape index (κ2) is 5.99. The molecule has 0 bridgehead atoms. The number of H-pyrrole nitrogens is 1. The molecule has 0 radical (unpaired) electrons. The van der Waals surface area contributed by atoms with E-state index in [1.54, 1.807) is 19.2 Å². The Labute approximate surface area is 148 Å². The van der Waals surface area contributed by atoms with Crippen molar-refractivity contribution >= 4 is 11.6 Å². The number of carbonyl (C=O) groups excluding carboxylic acids is 1. The van der Waals surface area contributed by atoms with Gasteiger partial charge in [-0.25, -0.2) is 0 Å². The van der Waals surface area contributed by atoms with Gasteiger partial charge in [-0.05, 0) is 29.8 Å². The van der Waals surface area contributed by atoms with Gasteiger partial charge in [-0.2, -0.15) is 5.10 Å². The lowest BCUT2D eigenvalue weighted by Gasteiger charge is -2.13. The Balaban J connectivity index is 1.79. The van der Waals surface area contributed by atoms with Crippen LogP contribution in [-0.2, 0) is 0 Å². The lowest BCUT2D eigenvalue weighted by molar-refractivity contribution is -0.384. The summed E-state index contributed by atoms with van der Waals surface area (Å²) in [6.07, 6.45) is 0. The summed E-state index contributed by atoms with van der Waals surface area (Å²) >= 11 is 0. The first-order valence-corrected chi connectivity index (χ1v) is 7.86. The van der Waals surface area contributed by atoms with Crippen LogP contribution in [0.25, 0.3) is 11.3 Å². The van der Waals surface area contributed by atoms with E-state index in [9.17, 15) is 14.9 Å². The number of benzene rings is 2. The Morgan fingerprint density at radius 1 is 1.19 bits per heavy atom. The second-order valence-electron chi connectivity index (χ2n) is 5.85. The van der Waals surface area contributed by atoms with Gasteiger partial charge in [0.15, 0.2) is 0 Å². The normalized spacial score (nSPS) is 15.4. The maximum Gasteiger partial charge on any atom is 0.270 e. The zero-order valence-corrected chi connectivity index (χ0v) is 13.7. The van der Waals surface area contributed by atoms with Crippen molar-refractivity contribution in [3.8, 4) is 17.0 Å². The zero-order chi connectivity index (χ0) is 18.3. The molecule has 0 spiro atoms. The number of amides is 1. The van der Waals surface area contributed by atoms with E-state index in [-0.39, 0.29) is 11.6 Å². The predicted octanol–water partition coefficient (Wildman–Crippen LogP) is 2.83. The first-order chi connectivity index (χ1) is 12.6. The van der Waals surface area contributed by atoms with Gasteiger partial charge < -0.3 is 10.1 Å². The molecular formula is C18H14N4O4. The van der Waals surface area contributed by atoms with E-state index in [0.29, 0.717) is 17.1 Å². The molecule has 0 aliphatic carbocycles. The summed E-state index contributed by atoms with van der Waals surface area (Å²) in [6.45, 7) is 0. The number of hydrogen-bond acceptors (Lipinski definition) is 5. The van der Waals surface area contributed by atoms with Gasteiger partial charge in [0.1, 0.15) is 11.4 Å². The molecule has 8 nitrogen and oxygen atoms in total. The maximum atomic E-state index is 12.3. The van der Waals surface area contributed by atoms with E-state index >= 15 is 0 Å². The second-order valence-corrected chi connectivity index (χ2v) is 5.85. The van der Waals surface area contributed by atoms with E-state index in [4.69, 9.17) is 4.74 Å². The number of fused-ring (bicyclic) bond motifs is 1. The Bertz CT molecular complexity index is 1010. The SMILES string of the molecule is COc1cccc(-c2n[nH]c3c2[C@H](c2ccc([N+](=O)[O-])cc2)NC3=O)c1. The smallest absolute Gasteiger partial charge is 0.270 e. The quantitative estimate of drug-likeness (QED) is 0.555. The van der Waals surface area contributed by atoms with Gasteiger partial charge in [0.2, 0.25) is 0 Å². The molecule has 26 heavy (non-hydrogen) atoms. The fourth-order valence-electron chi connectivity index (χ4n) is 3.11. The van der Waals surface area contributed by atoms with Gasteiger partial charge in [0, 0.05) is 23.3 Å². The van der Waals surface area contributed by atoms with Gasteiger partial charge in [-0.1, -0.05) is 12.1 Å². The molecular weight excluding hydrogens is 336 g/mol. The van der Waals surface area contributed by atoms with E-state index in [2.05, 4.69) is 15.5 Å². The molecule has 0 saturated carbocycles. The molecule has 4 rings (SSSR count). The monoisotopic (exact) mass is 350 g/mol. The van der Waals surface area contributed by atoms with E-state index in [0.717, 1.165) is 16.7 Å². The number of nitrogens with zero attached hydrogens (tertiary/aromatic N) is 2. The van der Waals surface area contributed by atoms with Crippen LogP contribution in [-0.4, -0.2) is 28.1 Å². The fraction of sp³-hybridized carbons (Fsp3) is 0.111. The molecule has 3 aromatic rings. The molecule has 2 aromatic carbocycles. The van der Waals surface area contributed by atoms with Crippen LogP contribution in [0.15, 0.2) is 48.5 Å². The van der Waals surface area contributed by atoms with Crippen LogP contribution in [0, 0.1) is 10.1 Å². The van der Waals surface area contributed by atoms with E-state index in [1.165, 1.54) is 12.1 Å². The Hall–Kier alpha value is -3.68. The van der Waals surface area contributed by atoms with Crippen LogP contribution >= 0.6 is 0 Å². The number of nitrogens with one attached hydrogen (secondary N) is 2. The maximum absolute atomic E-state index is 12.3. The number of hydrogen-bond donors (Lipinski definition) is 2. The summed E-state index contributed by atoms with van der Waals surface area (Å²) in [4.78, 5) is 22.7. The highest BCUT2D eigenvalue weighted by atomic mass is 16.6. The molecule has 1 aromatic heterocycles. The summed E-state index contributed by atoms with van der Waals surface area (Å²) in [7, 11) is 1.58. The number of carbonyl (C=O) groups is 1. The molecule has 1 aliphatic heterocycles. The summed E-state index contributed by atoms with van der Waals surface area (Å²) < 4.78 is 5.26. The van der Waals surface area contributed by atoms with Crippen LogP contribution in [0.2, 0.25) is 0 Å². The van der Waals surface area contributed by atoms with Crippen molar-refractivity contribution in [1.82, 2.24) is 15.5 Å². The summed E-state index contributed by atoms with van der Waals surface area (Å²) in [5.74, 6) is 0.424. The van der Waals surface area contributed by atoms with Crippen molar-refractivity contribution in [2.24, 2.45) is 0 Å². The summed E-state index contributed by atoms with van der Waals surface area (Å²) in [5, 5.41) is 20.8. The number of nitro benzene ring substituents is 1. The molecule has 0 fully saturated rings. The van der Waals surface area contributed by atoms with E-state index in [1.807, 2.05) is 24.3 Å². The number of methoxy groups -OCH3 is 1. The summed E-state index contributed by atoms with van der Waals surface area (Å²) in [6, 6.07) is 13.1. The third kappa shape index (κ3) is 2.48. The third-order valence-corrected chi connectivity index (χ3v) is 4.38. The van der Waals surface area contributed by atoms with Gasteiger partial charge in [-0.3, -0.25) is 20.0 Å². The van der Waals surface area contributed by atoms with Crippen molar-refractivity contribution in [1.29, 1.82) is 0 Å². The van der Waals surface area contributed by atoms with Crippen molar-refractivity contribution in [2.75, 3.05) is 7.11 Å². The molecule has 2 N–H and O–H groups in total. The van der Waals surface area contributed by atoms with E-state index < -0.39 is 11.0 Å². The molecule has 1 atom stereocenters. The lowest BCUT2D eigenvalue weighted by Crippen LogP contribution is -2.21. The van der Waals surface area contributed by atoms with Crippen LogP contribution in [0.4, 0.5) is 5.69 Å². The Kier molecular flexibility index (Phi) is 3.65. The first kappa shape index (κ1) is 15.8. The molecule has 2 heterocycles. The summed E-state index contributed by atoms with van der Waals surface area (Å²) in [5.41, 5.74) is 3.31. The van der Waals surface area contributed by atoms with Crippen molar-refractivity contribution in [3.05, 3.63) is 75.5 Å². The lowest BCUT2D eigenvalue weighted by atomic mass is 9.96. The largest absolute Gasteiger partial charge is 0.497 e. The third-order valence-electron chi connectivity index (χ3n) is 4.38. The van der Waals surface area contributed by atoms with Crippen LogP contribution < -0.4 is 10.1 Å². The van der Waals surface area contributed by atoms with Crippen LogP contribution in [0.1, 0.15) is 27.7 Å². The van der Waals surface area contributed by atoms with Gasteiger partial charge in [0.25, 0.3) is 11.6 Å². The highest BCUT2D eigenvalue weighted by Gasteiger charge is 2.35. The standard InChI is InChI=1S/C18H14N4O4/c1-26-13-4-2-3-11(9-13)16-14-15(19-18(23)17(14)21-20-16)10-5-7-12(8-6-10)22(24)25/h2-9,15H,1H3,(H,19,23)(H,20,21)/t15-/m0/s1. The molecule has 0 unspecified atom stereocenters. The number of rotatable bonds is 4.